The van der Waals surface area contributed by atoms with Gasteiger partial charge in [0.1, 0.15) is 20.5 Å². The lowest BCUT2D eigenvalue weighted by Crippen LogP contribution is -2.32. The third-order valence-corrected chi connectivity index (χ3v) is 9.34. The van der Waals surface area contributed by atoms with Gasteiger partial charge in [-0.2, -0.15) is 27.1 Å². The van der Waals surface area contributed by atoms with E-state index >= 15 is 0 Å². The number of carbonyl (C=O) groups is 2. The molecule has 42 heavy (non-hydrogen) atoms. The Bertz CT molecular complexity index is 1970. The van der Waals surface area contributed by atoms with Crippen LogP contribution < -0.4 is 10.1 Å². The first-order valence-electron chi connectivity index (χ1n) is 12.0. The van der Waals surface area contributed by atoms with Crippen molar-refractivity contribution in [2.75, 3.05) is 12.4 Å². The van der Waals surface area contributed by atoms with Crippen molar-refractivity contribution < 1.29 is 40.3 Å². The maximum atomic E-state index is 12.9. The third kappa shape index (κ3) is 6.52. The number of azo groups is 1. The molecular weight excluding hydrogens is 609 g/mol. The number of ketones is 1. The van der Waals surface area contributed by atoms with E-state index in [4.69, 9.17) is 4.74 Å². The molecular formula is C26H24N4O9S3. The van der Waals surface area contributed by atoms with Crippen LogP contribution in [0.15, 0.2) is 68.6 Å². The molecule has 3 N–H and O–H groups in total. The van der Waals surface area contributed by atoms with E-state index in [0.717, 1.165) is 24.3 Å². The molecule has 16 heteroatoms. The summed E-state index contributed by atoms with van der Waals surface area (Å²) < 4.78 is 71.5. The van der Waals surface area contributed by atoms with Gasteiger partial charge in [0.2, 0.25) is 6.04 Å². The first kappa shape index (κ1) is 30.9. The second-order valence-electron chi connectivity index (χ2n) is 9.11. The Balaban J connectivity index is 1.57. The number of hydrogen-bond acceptors (Lipinski definition) is 11. The quantitative estimate of drug-likeness (QED) is 0.131. The van der Waals surface area contributed by atoms with Crippen LogP contribution >= 0.6 is 11.3 Å². The molecule has 1 unspecified atom stereocenters. The van der Waals surface area contributed by atoms with E-state index in [1.807, 2.05) is 0 Å². The predicted molar refractivity (Wildman–Crippen MR) is 155 cm³/mol. The zero-order valence-electron chi connectivity index (χ0n) is 22.5. The smallest absolute Gasteiger partial charge is 0.296 e. The van der Waals surface area contributed by atoms with Crippen LogP contribution in [0.1, 0.15) is 18.1 Å². The number of hydrogen-bond donors (Lipinski definition) is 3. The standard InChI is InChI=1S/C26H24N4O9S3/c1-13-5-10-18-23(24(13)42(36,37)38)40-26(28-18)16-6-8-17(9-7-16)29-30-22(15(3)31)25(32)27-19-11-14(2)21(41(33,34)35)12-20(19)39-4/h5-12,22H,1-4H3,(H,27,32)(H,33,34,35)(H,36,37,38)/b30-29+. The van der Waals surface area contributed by atoms with E-state index in [2.05, 4.69) is 20.5 Å². The van der Waals surface area contributed by atoms with Crippen LogP contribution in [0.25, 0.3) is 20.8 Å². The van der Waals surface area contributed by atoms with Crippen LogP contribution in [-0.2, 0) is 29.8 Å². The molecule has 0 aliphatic carbocycles. The number of Topliss-reactive ketones (excluding diaryl/α,β-unsaturated/α-hetero) is 1. The first-order valence-corrected chi connectivity index (χ1v) is 15.7. The fourth-order valence-corrected chi connectivity index (χ4v) is 7.08. The highest BCUT2D eigenvalue weighted by molar-refractivity contribution is 7.86. The first-order chi connectivity index (χ1) is 19.6. The molecule has 0 radical (unpaired) electrons. The van der Waals surface area contributed by atoms with Crippen LogP contribution in [0.3, 0.4) is 0 Å². The Labute approximate surface area is 244 Å². The Morgan fingerprint density at radius 1 is 0.976 bits per heavy atom. The molecule has 0 fully saturated rings. The minimum Gasteiger partial charge on any atom is -0.495 e. The van der Waals surface area contributed by atoms with Crippen LogP contribution in [0, 0.1) is 13.8 Å². The summed E-state index contributed by atoms with van der Waals surface area (Å²) in [5, 5.41) is 10.9. The minimum absolute atomic E-state index is 0.0568. The number of anilines is 1. The molecule has 0 aliphatic heterocycles. The van der Waals surface area contributed by atoms with Crippen molar-refractivity contribution in [2.24, 2.45) is 10.2 Å². The van der Waals surface area contributed by atoms with Crippen molar-refractivity contribution in [1.82, 2.24) is 4.98 Å². The molecule has 3 aromatic carbocycles. The molecule has 4 rings (SSSR count). The normalized spacial score (nSPS) is 12.9. The summed E-state index contributed by atoms with van der Waals surface area (Å²) in [7, 11) is -7.75. The second-order valence-corrected chi connectivity index (χ2v) is 12.9. The summed E-state index contributed by atoms with van der Waals surface area (Å²) in [6, 6.07) is 10.4. The van der Waals surface area contributed by atoms with E-state index in [1.165, 1.54) is 20.1 Å². The van der Waals surface area contributed by atoms with Crippen molar-refractivity contribution in [3.05, 3.63) is 59.7 Å². The number of fused-ring (bicyclic) bond motifs is 1. The number of aromatic nitrogens is 1. The van der Waals surface area contributed by atoms with Gasteiger partial charge in [0, 0.05) is 11.6 Å². The summed E-state index contributed by atoms with van der Waals surface area (Å²) in [6.07, 6.45) is 0. The minimum atomic E-state index is -4.54. The topological polar surface area (TPSA) is 202 Å². The van der Waals surface area contributed by atoms with E-state index in [-0.39, 0.29) is 21.9 Å². The van der Waals surface area contributed by atoms with E-state index in [0.29, 0.717) is 32.0 Å². The van der Waals surface area contributed by atoms with Gasteiger partial charge in [0.25, 0.3) is 26.1 Å². The number of benzene rings is 3. The average Bonchev–Trinajstić information content (AvgIpc) is 3.31. The van der Waals surface area contributed by atoms with Gasteiger partial charge in [-0.05, 0) is 68.3 Å². The van der Waals surface area contributed by atoms with Gasteiger partial charge in [-0.1, -0.05) is 6.07 Å². The van der Waals surface area contributed by atoms with Gasteiger partial charge in [0.15, 0.2) is 5.78 Å². The number of carbonyl (C=O) groups excluding carboxylic acids is 2. The third-order valence-electron chi connectivity index (χ3n) is 6.04. The zero-order chi connectivity index (χ0) is 31.0. The average molecular weight is 633 g/mol. The Morgan fingerprint density at radius 3 is 2.21 bits per heavy atom. The summed E-state index contributed by atoms with van der Waals surface area (Å²) in [5.74, 6) is -1.53. The fraction of sp³-hybridized carbons (Fsp3) is 0.192. The van der Waals surface area contributed by atoms with Crippen LogP contribution in [0.2, 0.25) is 0 Å². The molecule has 1 amide bonds. The number of methoxy groups -OCH3 is 1. The monoisotopic (exact) mass is 632 g/mol. The lowest BCUT2D eigenvalue weighted by molar-refractivity contribution is -0.126. The molecule has 0 spiro atoms. The second kappa shape index (κ2) is 11.7. The number of nitrogens with zero attached hydrogens (tertiary/aromatic N) is 3. The highest BCUT2D eigenvalue weighted by atomic mass is 32.2. The highest BCUT2D eigenvalue weighted by Gasteiger charge is 2.26. The molecule has 0 aliphatic rings. The molecule has 220 valence electrons. The fourth-order valence-electron chi connectivity index (χ4n) is 4.04. The summed E-state index contributed by atoms with van der Waals surface area (Å²) in [4.78, 5) is 29.0. The maximum Gasteiger partial charge on any atom is 0.296 e. The summed E-state index contributed by atoms with van der Waals surface area (Å²) in [6.45, 7) is 4.14. The van der Waals surface area contributed by atoms with Crippen LogP contribution in [-0.4, -0.2) is 55.8 Å². The predicted octanol–water partition coefficient (Wildman–Crippen LogP) is 4.76. The van der Waals surface area contributed by atoms with Gasteiger partial charge in [-0.15, -0.1) is 11.3 Å². The van der Waals surface area contributed by atoms with Crippen molar-refractivity contribution in [3.63, 3.8) is 0 Å². The molecule has 0 bridgehead atoms. The highest BCUT2D eigenvalue weighted by Crippen LogP contribution is 2.36. The number of amides is 1. The van der Waals surface area contributed by atoms with E-state index in [9.17, 15) is 35.5 Å². The summed E-state index contributed by atoms with van der Waals surface area (Å²) >= 11 is 1.10. The lowest BCUT2D eigenvalue weighted by Gasteiger charge is -2.15. The van der Waals surface area contributed by atoms with Crippen molar-refractivity contribution in [1.29, 1.82) is 0 Å². The molecule has 1 heterocycles. The van der Waals surface area contributed by atoms with Gasteiger partial charge in [0.05, 0.1) is 28.7 Å². The van der Waals surface area contributed by atoms with E-state index < -0.39 is 42.9 Å². The van der Waals surface area contributed by atoms with Crippen LogP contribution in [0.5, 0.6) is 5.75 Å². The Kier molecular flexibility index (Phi) is 8.56. The molecule has 1 aromatic heterocycles. The number of nitrogens with one attached hydrogen (secondary N) is 1. The molecule has 0 saturated carbocycles. The zero-order valence-corrected chi connectivity index (χ0v) is 25.0. The van der Waals surface area contributed by atoms with Crippen molar-refractivity contribution in [2.45, 2.75) is 36.6 Å². The summed E-state index contributed by atoms with van der Waals surface area (Å²) in [5.41, 5.74) is 1.93. The number of aryl methyl sites for hydroxylation is 2. The maximum absolute atomic E-state index is 12.9. The van der Waals surface area contributed by atoms with Crippen molar-refractivity contribution in [3.8, 4) is 16.3 Å². The van der Waals surface area contributed by atoms with Crippen molar-refractivity contribution >= 4 is 64.9 Å². The molecule has 1 atom stereocenters. The van der Waals surface area contributed by atoms with Gasteiger partial charge < -0.3 is 10.1 Å². The number of thiazole rings is 1. The van der Waals surface area contributed by atoms with Gasteiger partial charge >= 0.3 is 0 Å². The number of ether oxygens (including phenoxy) is 1. The number of rotatable bonds is 9. The lowest BCUT2D eigenvalue weighted by atomic mass is 10.1. The van der Waals surface area contributed by atoms with Gasteiger partial charge in [-0.3, -0.25) is 18.7 Å². The molecule has 0 saturated heterocycles. The van der Waals surface area contributed by atoms with Gasteiger partial charge in [-0.25, -0.2) is 4.98 Å². The van der Waals surface area contributed by atoms with E-state index in [1.54, 1.807) is 43.3 Å². The molecule has 4 aromatic rings. The Hall–Kier alpha value is -4.09. The largest absolute Gasteiger partial charge is 0.495 e. The van der Waals surface area contributed by atoms with Crippen LogP contribution in [0.4, 0.5) is 11.4 Å². The SMILES string of the molecule is COc1cc(S(=O)(=O)O)c(C)cc1NC(=O)C(/N=N/c1ccc(-c2nc3ccc(C)c(S(=O)(=O)O)c3s2)cc1)C(C)=O. The molecule has 13 nitrogen and oxygen atoms in total. The Morgan fingerprint density at radius 2 is 1.64 bits per heavy atom.